The zero-order valence-electron chi connectivity index (χ0n) is 13.9. The molecule has 1 aliphatic carbocycles. The summed E-state index contributed by atoms with van der Waals surface area (Å²) in [6.07, 6.45) is 4.26. The molecule has 2 aromatic rings. The number of benzene rings is 1. The molecule has 4 heteroatoms. The lowest BCUT2D eigenvalue weighted by Crippen LogP contribution is -2.35. The first kappa shape index (κ1) is 16.3. The fourth-order valence-corrected chi connectivity index (χ4v) is 3.55. The second-order valence-corrected chi connectivity index (χ2v) is 8.19. The molecule has 3 rings (SSSR count). The molecule has 1 aromatic heterocycles. The zero-order valence-corrected chi connectivity index (χ0v) is 15.4. The van der Waals surface area contributed by atoms with Crippen LogP contribution in [0.4, 0.5) is 17.2 Å². The number of hydrogen-bond acceptors (Lipinski definition) is 3. The quantitative estimate of drug-likeness (QED) is 0.742. The molecule has 0 aliphatic heterocycles. The summed E-state index contributed by atoms with van der Waals surface area (Å²) in [7, 11) is 0. The number of halogens is 1. The first-order valence-electron chi connectivity index (χ1n) is 7.99. The molecular weight excluding hydrogens is 350 g/mol. The molecule has 3 nitrogen and oxygen atoms in total. The molecule has 1 radical (unpaired) electrons. The van der Waals surface area contributed by atoms with Gasteiger partial charge in [0.15, 0.2) is 5.82 Å². The van der Waals surface area contributed by atoms with Gasteiger partial charge in [0, 0.05) is 22.3 Å². The van der Waals surface area contributed by atoms with E-state index >= 15 is 0 Å². The maximum absolute atomic E-state index is 5.98. The van der Waals surface area contributed by atoms with Gasteiger partial charge >= 0.3 is 0 Å². The number of pyridine rings is 1. The number of nitrogens with zero attached hydrogens (tertiary/aromatic N) is 1. The van der Waals surface area contributed by atoms with Crippen molar-refractivity contribution in [3.63, 3.8) is 0 Å². The van der Waals surface area contributed by atoms with Crippen LogP contribution in [-0.4, -0.2) is 4.98 Å². The topological polar surface area (TPSA) is 50.9 Å². The number of hydrogen-bond donors (Lipinski definition) is 2. The van der Waals surface area contributed by atoms with Crippen LogP contribution < -0.4 is 11.1 Å². The number of aromatic nitrogens is 1. The van der Waals surface area contributed by atoms with Crippen LogP contribution in [0.1, 0.15) is 39.2 Å². The van der Waals surface area contributed by atoms with E-state index in [2.05, 4.69) is 71.3 Å². The fraction of sp³-hybridized carbons (Fsp3) is 0.368. The maximum Gasteiger partial charge on any atom is 0.153 e. The van der Waals surface area contributed by atoms with E-state index in [9.17, 15) is 0 Å². The first-order valence-corrected chi connectivity index (χ1v) is 8.78. The SMILES string of the molecule is CC(C)(C)C1CC[C]1c1ccc(Nc2ncc(Br)cc2N)cc1. The Morgan fingerprint density at radius 1 is 1.22 bits per heavy atom. The summed E-state index contributed by atoms with van der Waals surface area (Å²) in [4.78, 5) is 4.31. The monoisotopic (exact) mass is 372 g/mol. The predicted octanol–water partition coefficient (Wildman–Crippen LogP) is 5.55. The van der Waals surface area contributed by atoms with Crippen LogP contribution in [0, 0.1) is 17.3 Å². The molecule has 1 fully saturated rings. The van der Waals surface area contributed by atoms with Crippen molar-refractivity contribution in [3.8, 4) is 0 Å². The molecule has 3 N–H and O–H groups in total. The zero-order chi connectivity index (χ0) is 16.6. The van der Waals surface area contributed by atoms with Crippen LogP contribution in [0.25, 0.3) is 0 Å². The van der Waals surface area contributed by atoms with Gasteiger partial charge in [-0.05, 0) is 63.9 Å². The molecular formula is C19H23BrN3. The van der Waals surface area contributed by atoms with Crippen molar-refractivity contribution in [2.45, 2.75) is 33.6 Å². The summed E-state index contributed by atoms with van der Waals surface area (Å²) < 4.78 is 0.880. The number of rotatable bonds is 3. The number of nitrogen functional groups attached to an aromatic ring is 1. The van der Waals surface area contributed by atoms with Crippen molar-refractivity contribution < 1.29 is 0 Å². The highest BCUT2D eigenvalue weighted by Crippen LogP contribution is 2.50. The third-order valence-corrected chi connectivity index (χ3v) is 5.00. The average Bonchev–Trinajstić information content (AvgIpc) is 2.41. The molecule has 0 spiro atoms. The molecule has 1 saturated carbocycles. The molecule has 1 heterocycles. The van der Waals surface area contributed by atoms with Gasteiger partial charge in [-0.1, -0.05) is 32.9 Å². The molecule has 0 saturated heterocycles. The molecule has 23 heavy (non-hydrogen) atoms. The largest absolute Gasteiger partial charge is 0.396 e. The Morgan fingerprint density at radius 3 is 2.43 bits per heavy atom. The Morgan fingerprint density at radius 2 is 1.91 bits per heavy atom. The lowest BCUT2D eigenvalue weighted by Gasteiger charge is -2.45. The van der Waals surface area contributed by atoms with Crippen LogP contribution in [-0.2, 0) is 0 Å². The van der Waals surface area contributed by atoms with E-state index in [-0.39, 0.29) is 0 Å². The normalized spacial score (nSPS) is 18.5. The van der Waals surface area contributed by atoms with Crippen molar-refractivity contribution in [2.24, 2.45) is 11.3 Å². The summed E-state index contributed by atoms with van der Waals surface area (Å²) in [6.45, 7) is 6.98. The van der Waals surface area contributed by atoms with Gasteiger partial charge in [0.2, 0.25) is 0 Å². The van der Waals surface area contributed by atoms with Gasteiger partial charge < -0.3 is 11.1 Å². The van der Waals surface area contributed by atoms with Crippen LogP contribution in [0.3, 0.4) is 0 Å². The van der Waals surface area contributed by atoms with Gasteiger partial charge in [0.05, 0.1) is 5.69 Å². The summed E-state index contributed by atoms with van der Waals surface area (Å²) in [5.41, 5.74) is 9.32. The van der Waals surface area contributed by atoms with Gasteiger partial charge in [-0.2, -0.15) is 0 Å². The highest BCUT2D eigenvalue weighted by molar-refractivity contribution is 9.10. The standard InChI is InChI=1S/C19H23BrN3/c1-19(2,3)16-9-8-15(16)12-4-6-14(7-5-12)23-18-17(21)10-13(20)11-22-18/h4-7,10-11,16H,8-9,21H2,1-3H3,(H,22,23). The minimum atomic E-state index is 0.348. The molecule has 1 atom stereocenters. The van der Waals surface area contributed by atoms with E-state index in [0.29, 0.717) is 22.8 Å². The Kier molecular flexibility index (Phi) is 4.37. The molecule has 1 aromatic carbocycles. The van der Waals surface area contributed by atoms with Crippen LogP contribution >= 0.6 is 15.9 Å². The molecule has 0 bridgehead atoms. The number of anilines is 3. The minimum absolute atomic E-state index is 0.348. The van der Waals surface area contributed by atoms with Crippen molar-refractivity contribution in [1.82, 2.24) is 4.98 Å². The lowest BCUT2D eigenvalue weighted by atomic mass is 9.59. The third-order valence-electron chi connectivity index (χ3n) is 4.57. The van der Waals surface area contributed by atoms with Crippen molar-refractivity contribution in [1.29, 1.82) is 0 Å². The fourth-order valence-electron chi connectivity index (χ4n) is 3.20. The van der Waals surface area contributed by atoms with Crippen molar-refractivity contribution >= 4 is 33.1 Å². The van der Waals surface area contributed by atoms with E-state index < -0.39 is 0 Å². The van der Waals surface area contributed by atoms with Gasteiger partial charge in [-0.25, -0.2) is 4.98 Å². The highest BCUT2D eigenvalue weighted by Gasteiger charge is 2.40. The first-order chi connectivity index (χ1) is 10.8. The van der Waals surface area contributed by atoms with E-state index in [1.165, 1.54) is 18.4 Å². The molecule has 1 aliphatic rings. The lowest BCUT2D eigenvalue weighted by molar-refractivity contribution is 0.180. The Bertz CT molecular complexity index is 689. The summed E-state index contributed by atoms with van der Waals surface area (Å²) in [6, 6.07) is 10.4. The van der Waals surface area contributed by atoms with E-state index in [1.807, 2.05) is 6.07 Å². The minimum Gasteiger partial charge on any atom is -0.396 e. The second-order valence-electron chi connectivity index (χ2n) is 7.28. The third kappa shape index (κ3) is 3.52. The Labute approximate surface area is 146 Å². The van der Waals surface area contributed by atoms with Gasteiger partial charge in [-0.15, -0.1) is 0 Å². The van der Waals surface area contributed by atoms with Crippen LogP contribution in [0.2, 0.25) is 0 Å². The van der Waals surface area contributed by atoms with Crippen molar-refractivity contribution in [3.05, 3.63) is 52.5 Å². The van der Waals surface area contributed by atoms with Gasteiger partial charge in [0.1, 0.15) is 0 Å². The van der Waals surface area contributed by atoms with Crippen LogP contribution in [0.5, 0.6) is 0 Å². The Balaban J connectivity index is 1.73. The van der Waals surface area contributed by atoms with Gasteiger partial charge in [0.25, 0.3) is 0 Å². The smallest absolute Gasteiger partial charge is 0.153 e. The van der Waals surface area contributed by atoms with E-state index in [4.69, 9.17) is 5.73 Å². The van der Waals surface area contributed by atoms with Gasteiger partial charge in [-0.3, -0.25) is 0 Å². The predicted molar refractivity (Wildman–Crippen MR) is 101 cm³/mol. The van der Waals surface area contributed by atoms with E-state index in [0.717, 1.165) is 10.2 Å². The average molecular weight is 373 g/mol. The summed E-state index contributed by atoms with van der Waals surface area (Å²) >= 11 is 3.37. The maximum atomic E-state index is 5.98. The molecule has 121 valence electrons. The van der Waals surface area contributed by atoms with Crippen molar-refractivity contribution in [2.75, 3.05) is 11.1 Å². The Hall–Kier alpha value is -1.55. The molecule has 1 unspecified atom stereocenters. The summed E-state index contributed by atoms with van der Waals surface area (Å²) in [5.74, 6) is 2.97. The second kappa shape index (κ2) is 6.16. The number of nitrogens with two attached hydrogens (primary N) is 1. The van der Waals surface area contributed by atoms with Crippen LogP contribution in [0.15, 0.2) is 41.0 Å². The summed E-state index contributed by atoms with van der Waals surface area (Å²) in [5, 5.41) is 3.28. The van der Waals surface area contributed by atoms with E-state index in [1.54, 1.807) is 12.1 Å². The highest BCUT2D eigenvalue weighted by atomic mass is 79.9. The molecule has 0 amide bonds. The number of nitrogens with one attached hydrogen (secondary N) is 1.